The number of rotatable bonds is 16. The van der Waals surface area contributed by atoms with Crippen LogP contribution in [0.25, 0.3) is 0 Å². The van der Waals surface area contributed by atoms with Crippen molar-refractivity contribution in [3.8, 4) is 0 Å². The normalized spacial score (nSPS) is 10.8. The van der Waals surface area contributed by atoms with Crippen LogP contribution in [0.5, 0.6) is 0 Å². The third-order valence-electron chi connectivity index (χ3n) is 3.98. The number of thioether (sulfide) groups is 1. The number of ether oxygens (including phenoxy) is 1. The second kappa shape index (κ2) is 19.3. The molecular weight excluding hydrogens is 308 g/mol. The lowest BCUT2D eigenvalue weighted by Gasteiger charge is -2.04. The lowest BCUT2D eigenvalue weighted by Crippen LogP contribution is -1.96. The number of thiocarbonyl (C=S) groups is 1. The minimum absolute atomic E-state index is 0.699. The van der Waals surface area contributed by atoms with Gasteiger partial charge >= 0.3 is 0 Å². The fourth-order valence-electron chi connectivity index (χ4n) is 2.61. The largest absolute Gasteiger partial charge is 0.479 e. The monoisotopic (exact) mass is 346 g/mol. The zero-order valence-electron chi connectivity index (χ0n) is 15.0. The van der Waals surface area contributed by atoms with Crippen LogP contribution < -0.4 is 0 Å². The predicted octanol–water partition coefficient (Wildman–Crippen LogP) is 7.52. The van der Waals surface area contributed by atoms with Gasteiger partial charge in [-0.2, -0.15) is 0 Å². The molecule has 3 heteroatoms. The zero-order valence-corrected chi connectivity index (χ0v) is 16.7. The van der Waals surface area contributed by atoms with Crippen molar-refractivity contribution in [1.82, 2.24) is 0 Å². The summed E-state index contributed by atoms with van der Waals surface area (Å²) in [5, 5.41) is 0. The maximum atomic E-state index is 5.26. The van der Waals surface area contributed by atoms with Gasteiger partial charge in [-0.25, -0.2) is 0 Å². The predicted molar refractivity (Wildman–Crippen MR) is 107 cm³/mol. The molecule has 0 bridgehead atoms. The van der Waals surface area contributed by atoms with Crippen LogP contribution in [0.3, 0.4) is 0 Å². The van der Waals surface area contributed by atoms with Gasteiger partial charge in [0.1, 0.15) is 0 Å². The first-order valence-electron chi connectivity index (χ1n) is 9.60. The average Bonchev–Trinajstić information content (AvgIpc) is 2.51. The lowest BCUT2D eigenvalue weighted by molar-refractivity contribution is 0.346. The first kappa shape index (κ1) is 22.2. The topological polar surface area (TPSA) is 9.23 Å². The molecule has 0 aromatic rings. The van der Waals surface area contributed by atoms with Crippen LogP contribution >= 0.6 is 24.0 Å². The Kier molecular flexibility index (Phi) is 19.5. The van der Waals surface area contributed by atoms with Crippen molar-refractivity contribution >= 4 is 28.4 Å². The Labute approximate surface area is 149 Å². The highest BCUT2D eigenvalue weighted by Gasteiger charge is 1.97. The molecule has 0 aliphatic heterocycles. The molecule has 0 amide bonds. The summed E-state index contributed by atoms with van der Waals surface area (Å²) >= 11 is 6.79. The Morgan fingerprint density at radius 2 is 1.09 bits per heavy atom. The molecular formula is C19H38OS2. The van der Waals surface area contributed by atoms with E-state index in [1.807, 2.05) is 6.92 Å². The molecule has 0 N–H and O–H groups in total. The van der Waals surface area contributed by atoms with E-state index in [0.717, 1.165) is 10.1 Å². The summed E-state index contributed by atoms with van der Waals surface area (Å²) in [4.78, 5) is 0. The molecule has 1 nitrogen and oxygen atoms in total. The van der Waals surface area contributed by atoms with Crippen molar-refractivity contribution in [3.63, 3.8) is 0 Å². The Balaban J connectivity index is 3.01. The van der Waals surface area contributed by atoms with Gasteiger partial charge in [-0.1, -0.05) is 102 Å². The molecule has 22 heavy (non-hydrogen) atoms. The summed E-state index contributed by atoms with van der Waals surface area (Å²) in [6.07, 6.45) is 19.8. The van der Waals surface area contributed by atoms with E-state index in [4.69, 9.17) is 17.0 Å². The van der Waals surface area contributed by atoms with Gasteiger partial charge in [0, 0.05) is 5.75 Å². The van der Waals surface area contributed by atoms with Gasteiger partial charge < -0.3 is 4.74 Å². The Morgan fingerprint density at radius 1 is 0.682 bits per heavy atom. The third kappa shape index (κ3) is 18.3. The summed E-state index contributed by atoms with van der Waals surface area (Å²) < 4.78 is 5.98. The fraction of sp³-hybridized carbons (Fsp3) is 0.947. The summed E-state index contributed by atoms with van der Waals surface area (Å²) in [7, 11) is 0. The van der Waals surface area contributed by atoms with Crippen LogP contribution in [0.1, 0.15) is 104 Å². The molecule has 0 atom stereocenters. The van der Waals surface area contributed by atoms with Crippen LogP contribution in [0.4, 0.5) is 0 Å². The average molecular weight is 347 g/mol. The fourth-order valence-corrected chi connectivity index (χ4v) is 3.70. The molecule has 0 spiro atoms. The summed E-state index contributed by atoms with van der Waals surface area (Å²) in [6, 6.07) is 0. The van der Waals surface area contributed by atoms with E-state index in [1.54, 1.807) is 11.8 Å². The van der Waals surface area contributed by atoms with Gasteiger partial charge in [-0.15, -0.1) is 0 Å². The first-order chi connectivity index (χ1) is 10.8. The number of hydrogen-bond acceptors (Lipinski definition) is 3. The third-order valence-corrected chi connectivity index (χ3v) is 5.30. The van der Waals surface area contributed by atoms with E-state index >= 15 is 0 Å². The van der Waals surface area contributed by atoms with Crippen molar-refractivity contribution in [2.24, 2.45) is 0 Å². The highest BCUT2D eigenvalue weighted by atomic mass is 32.2. The van der Waals surface area contributed by atoms with E-state index < -0.39 is 0 Å². The van der Waals surface area contributed by atoms with Crippen LogP contribution in [0.15, 0.2) is 0 Å². The highest BCUT2D eigenvalue weighted by Crippen LogP contribution is 2.14. The van der Waals surface area contributed by atoms with Gasteiger partial charge in [-0.05, 0) is 25.6 Å². The lowest BCUT2D eigenvalue weighted by atomic mass is 10.0. The zero-order chi connectivity index (χ0) is 16.3. The van der Waals surface area contributed by atoms with Gasteiger partial charge in [0.2, 0.25) is 4.38 Å². The Hall–Kier alpha value is 0.240. The van der Waals surface area contributed by atoms with E-state index in [1.165, 1.54) is 89.9 Å². The molecule has 0 saturated carbocycles. The maximum absolute atomic E-state index is 5.26. The molecule has 0 heterocycles. The minimum Gasteiger partial charge on any atom is -0.479 e. The summed E-state index contributed by atoms with van der Waals surface area (Å²) in [5.41, 5.74) is 0. The molecule has 0 aromatic carbocycles. The van der Waals surface area contributed by atoms with Crippen molar-refractivity contribution < 1.29 is 4.74 Å². The van der Waals surface area contributed by atoms with Crippen molar-refractivity contribution in [1.29, 1.82) is 0 Å². The Bertz CT molecular complexity index is 231. The standard InChI is InChI=1S/C19H38OS2/c1-3-5-6-7-8-9-10-11-12-13-14-15-16-17-18-22-19(21)20-4-2/h3-18H2,1-2H3. The molecule has 0 fully saturated rings. The molecule has 0 aromatic heterocycles. The van der Waals surface area contributed by atoms with Gasteiger partial charge in [0.15, 0.2) is 0 Å². The smallest absolute Gasteiger partial charge is 0.219 e. The molecule has 0 aliphatic rings. The van der Waals surface area contributed by atoms with Gasteiger partial charge in [-0.3, -0.25) is 0 Å². The van der Waals surface area contributed by atoms with E-state index in [-0.39, 0.29) is 0 Å². The molecule has 0 unspecified atom stereocenters. The van der Waals surface area contributed by atoms with Crippen LogP contribution in [0.2, 0.25) is 0 Å². The molecule has 0 rings (SSSR count). The molecule has 0 aliphatic carbocycles. The first-order valence-corrected chi connectivity index (χ1v) is 11.0. The highest BCUT2D eigenvalue weighted by molar-refractivity contribution is 8.22. The summed E-state index contributed by atoms with van der Waals surface area (Å²) in [5.74, 6) is 1.12. The van der Waals surface area contributed by atoms with Gasteiger partial charge in [0.05, 0.1) is 6.61 Å². The Morgan fingerprint density at radius 3 is 1.50 bits per heavy atom. The SMILES string of the molecule is CCCCCCCCCCCCCCCCSC(=S)OCC. The minimum atomic E-state index is 0.699. The van der Waals surface area contributed by atoms with E-state index in [9.17, 15) is 0 Å². The molecule has 132 valence electrons. The second-order valence-corrected chi connectivity index (χ2v) is 7.82. The van der Waals surface area contributed by atoms with Crippen LogP contribution in [-0.4, -0.2) is 16.7 Å². The van der Waals surface area contributed by atoms with E-state index in [0.29, 0.717) is 6.61 Å². The van der Waals surface area contributed by atoms with E-state index in [2.05, 4.69) is 6.92 Å². The summed E-state index contributed by atoms with van der Waals surface area (Å²) in [6.45, 7) is 4.97. The van der Waals surface area contributed by atoms with Crippen LogP contribution in [0, 0.1) is 0 Å². The second-order valence-electron chi connectivity index (χ2n) is 6.13. The molecule has 0 saturated heterocycles. The number of hydrogen-bond donors (Lipinski definition) is 0. The van der Waals surface area contributed by atoms with Crippen LogP contribution in [-0.2, 0) is 4.74 Å². The quantitative estimate of drug-likeness (QED) is 0.211. The maximum Gasteiger partial charge on any atom is 0.219 e. The van der Waals surface area contributed by atoms with Crippen molar-refractivity contribution in [2.75, 3.05) is 12.4 Å². The number of unbranched alkanes of at least 4 members (excludes halogenated alkanes) is 13. The van der Waals surface area contributed by atoms with Crippen molar-refractivity contribution in [3.05, 3.63) is 0 Å². The van der Waals surface area contributed by atoms with Crippen molar-refractivity contribution in [2.45, 2.75) is 104 Å². The van der Waals surface area contributed by atoms with Gasteiger partial charge in [0.25, 0.3) is 0 Å². The molecule has 0 radical (unpaired) electrons.